The van der Waals surface area contributed by atoms with Gasteiger partial charge in [-0.15, -0.1) is 0 Å². The zero-order chi connectivity index (χ0) is 19.8. The molecule has 0 aliphatic carbocycles. The Kier molecular flexibility index (Phi) is 4.70. The average Bonchev–Trinajstić information content (AvgIpc) is 2.60. The van der Waals surface area contributed by atoms with Crippen molar-refractivity contribution in [3.8, 4) is 5.75 Å². The van der Waals surface area contributed by atoms with Crippen molar-refractivity contribution in [2.45, 2.75) is 11.5 Å². The number of phenolic OH excluding ortho intramolecular Hbond substituents is 1. The minimum absolute atomic E-state index is 0.173. The van der Waals surface area contributed by atoms with E-state index >= 15 is 0 Å². The maximum atomic E-state index is 11.3. The molecule has 0 saturated heterocycles. The second-order valence-corrected chi connectivity index (χ2v) is 7.17. The predicted molar refractivity (Wildman–Crippen MR) is 97.7 cm³/mol. The molecule has 9 nitrogen and oxygen atoms in total. The fourth-order valence-corrected chi connectivity index (χ4v) is 3.17. The smallest absolute Gasteiger partial charge is 0.294 e. The number of aromatic hydroxyl groups is 1. The van der Waals surface area contributed by atoms with Gasteiger partial charge in [-0.2, -0.15) is 8.42 Å². The van der Waals surface area contributed by atoms with E-state index in [2.05, 4.69) is 5.32 Å². The second-order valence-electron chi connectivity index (χ2n) is 5.75. The minimum atomic E-state index is -4.51. The summed E-state index contributed by atoms with van der Waals surface area (Å²) in [4.78, 5) is 10.2. The molecule has 0 spiro atoms. The fraction of sp³-hybridized carbons (Fsp3) is 0.0588. The number of hydrogen-bond acceptors (Lipinski definition) is 7. The van der Waals surface area contributed by atoms with Crippen LogP contribution >= 0.6 is 0 Å². The third-order valence-electron chi connectivity index (χ3n) is 3.92. The van der Waals surface area contributed by atoms with Gasteiger partial charge in [-0.05, 0) is 41.3 Å². The van der Waals surface area contributed by atoms with Gasteiger partial charge in [-0.3, -0.25) is 14.7 Å². The summed E-state index contributed by atoms with van der Waals surface area (Å²) in [5.41, 5.74) is 0.714. The Bertz CT molecular complexity index is 1160. The van der Waals surface area contributed by atoms with E-state index < -0.39 is 19.9 Å². The summed E-state index contributed by atoms with van der Waals surface area (Å²) in [6.07, 6.45) is 0. The van der Waals surface area contributed by atoms with Crippen LogP contribution in [-0.4, -0.2) is 28.1 Å². The molecule has 0 amide bonds. The molecule has 27 heavy (non-hydrogen) atoms. The van der Waals surface area contributed by atoms with Crippen molar-refractivity contribution >= 4 is 38.0 Å². The lowest BCUT2D eigenvalue weighted by Crippen LogP contribution is -1.99. The standard InChI is InChI=1S/C17H14N2O7S/c20-9-10-1-4-15(16(5-10)19(22)23)18-12-2-3-14-11(6-12)7-13(8-17(14)21)27(24,25)26/h1-8,18,20-21H,9H2,(H,24,25,26). The highest BCUT2D eigenvalue weighted by Gasteiger charge is 2.16. The summed E-state index contributed by atoms with van der Waals surface area (Å²) in [6, 6.07) is 10.9. The normalized spacial score (nSPS) is 11.5. The topological polar surface area (TPSA) is 150 Å². The molecule has 0 heterocycles. The quantitative estimate of drug-likeness (QED) is 0.295. The van der Waals surface area contributed by atoms with Crippen LogP contribution in [0.4, 0.5) is 17.1 Å². The summed E-state index contributed by atoms with van der Waals surface area (Å²) < 4.78 is 31.8. The maximum Gasteiger partial charge on any atom is 0.294 e. The van der Waals surface area contributed by atoms with Crippen LogP contribution in [0, 0.1) is 10.1 Å². The third kappa shape index (κ3) is 3.82. The van der Waals surface area contributed by atoms with Gasteiger partial charge in [-0.25, -0.2) is 0 Å². The first-order valence-electron chi connectivity index (χ1n) is 7.58. The molecule has 3 aromatic rings. The number of aliphatic hydroxyl groups is 1. The molecular formula is C17H14N2O7S. The Morgan fingerprint density at radius 1 is 1.07 bits per heavy atom. The highest BCUT2D eigenvalue weighted by molar-refractivity contribution is 7.85. The van der Waals surface area contributed by atoms with Gasteiger partial charge in [0.05, 0.1) is 16.4 Å². The molecule has 140 valence electrons. The molecular weight excluding hydrogens is 376 g/mol. The van der Waals surface area contributed by atoms with Gasteiger partial charge in [0.15, 0.2) is 0 Å². The Hall–Kier alpha value is -3.21. The number of benzene rings is 3. The summed E-state index contributed by atoms with van der Waals surface area (Å²) in [5.74, 6) is -0.329. The Labute approximate surface area is 153 Å². The van der Waals surface area contributed by atoms with Crippen molar-refractivity contribution in [1.29, 1.82) is 0 Å². The molecule has 0 aliphatic rings. The van der Waals surface area contributed by atoms with Gasteiger partial charge in [0.2, 0.25) is 0 Å². The van der Waals surface area contributed by atoms with Gasteiger partial charge in [-0.1, -0.05) is 6.07 Å². The van der Waals surface area contributed by atoms with Gasteiger partial charge in [0.1, 0.15) is 11.4 Å². The van der Waals surface area contributed by atoms with Crippen LogP contribution in [-0.2, 0) is 16.7 Å². The molecule has 0 atom stereocenters. The van der Waals surface area contributed by atoms with Crippen molar-refractivity contribution in [3.05, 3.63) is 64.2 Å². The number of hydrogen-bond donors (Lipinski definition) is 4. The summed E-state index contributed by atoms with van der Waals surface area (Å²) in [7, 11) is -4.51. The lowest BCUT2D eigenvalue weighted by molar-refractivity contribution is -0.384. The van der Waals surface area contributed by atoms with Crippen LogP contribution < -0.4 is 5.32 Å². The van der Waals surface area contributed by atoms with Crippen molar-refractivity contribution in [3.63, 3.8) is 0 Å². The first-order chi connectivity index (χ1) is 12.7. The number of nitrogens with one attached hydrogen (secondary N) is 1. The number of anilines is 2. The number of aliphatic hydroxyl groups excluding tert-OH is 1. The molecule has 0 radical (unpaired) electrons. The van der Waals surface area contributed by atoms with E-state index in [1.807, 2.05) is 0 Å². The van der Waals surface area contributed by atoms with Crippen LogP contribution in [0.2, 0.25) is 0 Å². The number of phenols is 1. The van der Waals surface area contributed by atoms with Crippen LogP contribution in [0.15, 0.2) is 53.4 Å². The number of nitro groups is 1. The first-order valence-corrected chi connectivity index (χ1v) is 9.02. The lowest BCUT2D eigenvalue weighted by Gasteiger charge is -2.10. The second kappa shape index (κ2) is 6.83. The molecule has 3 rings (SSSR count). The van der Waals surface area contributed by atoms with Crippen molar-refractivity contribution < 1.29 is 28.1 Å². The maximum absolute atomic E-state index is 11.3. The molecule has 0 unspecified atom stereocenters. The number of rotatable bonds is 5. The average molecular weight is 390 g/mol. The first kappa shape index (κ1) is 18.6. The highest BCUT2D eigenvalue weighted by Crippen LogP contribution is 2.33. The molecule has 4 N–H and O–H groups in total. The molecule has 0 aromatic heterocycles. The van der Waals surface area contributed by atoms with Crippen LogP contribution in [0.25, 0.3) is 10.8 Å². The van der Waals surface area contributed by atoms with E-state index in [0.29, 0.717) is 22.0 Å². The van der Waals surface area contributed by atoms with E-state index in [0.717, 1.165) is 6.07 Å². The minimum Gasteiger partial charge on any atom is -0.507 e. The van der Waals surface area contributed by atoms with Crippen LogP contribution in [0.3, 0.4) is 0 Å². The van der Waals surface area contributed by atoms with E-state index in [9.17, 15) is 28.2 Å². The van der Waals surface area contributed by atoms with Crippen LogP contribution in [0.1, 0.15) is 5.56 Å². The van der Waals surface area contributed by atoms with Gasteiger partial charge in [0.25, 0.3) is 15.8 Å². The largest absolute Gasteiger partial charge is 0.507 e. The van der Waals surface area contributed by atoms with E-state index in [1.54, 1.807) is 6.07 Å². The van der Waals surface area contributed by atoms with Crippen LogP contribution in [0.5, 0.6) is 5.75 Å². The van der Waals surface area contributed by atoms with E-state index in [4.69, 9.17) is 5.11 Å². The summed E-state index contributed by atoms with van der Waals surface area (Å²) in [5, 5.41) is 33.8. The van der Waals surface area contributed by atoms with E-state index in [1.165, 1.54) is 36.4 Å². The lowest BCUT2D eigenvalue weighted by atomic mass is 10.1. The van der Waals surface area contributed by atoms with E-state index in [-0.39, 0.29) is 23.7 Å². The van der Waals surface area contributed by atoms with Crippen molar-refractivity contribution in [2.75, 3.05) is 5.32 Å². The number of nitro benzene ring substituents is 1. The number of nitrogens with zero attached hydrogens (tertiary/aromatic N) is 1. The van der Waals surface area contributed by atoms with Crippen molar-refractivity contribution in [2.24, 2.45) is 0 Å². The molecule has 0 saturated carbocycles. The molecule has 10 heteroatoms. The monoisotopic (exact) mass is 390 g/mol. The van der Waals surface area contributed by atoms with Gasteiger partial charge < -0.3 is 15.5 Å². The predicted octanol–water partition coefficient (Wildman–Crippen LogP) is 2.94. The third-order valence-corrected chi connectivity index (χ3v) is 4.75. The zero-order valence-electron chi connectivity index (χ0n) is 13.7. The number of fused-ring (bicyclic) bond motifs is 1. The van der Waals surface area contributed by atoms with Crippen molar-refractivity contribution in [1.82, 2.24) is 0 Å². The fourth-order valence-electron chi connectivity index (χ4n) is 2.64. The van der Waals surface area contributed by atoms with Gasteiger partial charge >= 0.3 is 0 Å². The highest BCUT2D eigenvalue weighted by atomic mass is 32.2. The Balaban J connectivity index is 2.07. The molecule has 0 fully saturated rings. The SMILES string of the molecule is O=[N+]([O-])c1cc(CO)ccc1Nc1ccc2c(O)cc(S(=O)(=O)O)cc2c1. The Morgan fingerprint density at radius 3 is 2.44 bits per heavy atom. The summed E-state index contributed by atoms with van der Waals surface area (Å²) >= 11 is 0. The molecule has 0 bridgehead atoms. The van der Waals surface area contributed by atoms with Gasteiger partial charge in [0, 0.05) is 23.2 Å². The molecule has 0 aliphatic heterocycles. The molecule has 3 aromatic carbocycles. The summed E-state index contributed by atoms with van der Waals surface area (Å²) in [6.45, 7) is -0.339. The zero-order valence-corrected chi connectivity index (χ0v) is 14.5. The Morgan fingerprint density at radius 2 is 1.81 bits per heavy atom.